The summed E-state index contributed by atoms with van der Waals surface area (Å²) in [5, 5.41) is 9.08. The van der Waals surface area contributed by atoms with Gasteiger partial charge in [-0.15, -0.1) is 0 Å². The van der Waals surface area contributed by atoms with E-state index >= 15 is 0 Å². The Balaban J connectivity index is 0. The second kappa shape index (κ2) is 50.0. The van der Waals surface area contributed by atoms with Crippen molar-refractivity contribution in [3.8, 4) is 0 Å². The van der Waals surface area contributed by atoms with E-state index in [1.165, 1.54) is 219 Å². The molecule has 0 heterocycles. The standard InChI is InChI=1S/C35H72N2O2.C15H31NO/c1-4-7-10-13-17-22-29-36(31-24-20-27-34-38)30-23-18-15-16-21-28-35(39)37(32-25-12-9-6-3)33-26-19-14-11-8-5-2;1-3-5-7-9-10-12-14-16(15-17)13-11-8-6-4-2/h38H,4-34H2,1-3H3;15H,3-14H2,1-2H3. The first-order chi connectivity index (χ1) is 27.5. The lowest BCUT2D eigenvalue weighted by molar-refractivity contribution is -0.131. The molecule has 336 valence electrons. The van der Waals surface area contributed by atoms with Gasteiger partial charge in [-0.05, 0) is 83.8 Å². The van der Waals surface area contributed by atoms with Crippen molar-refractivity contribution in [3.05, 3.63) is 0 Å². The number of carbonyl (C=O) groups excluding carboxylic acids is 2. The van der Waals surface area contributed by atoms with E-state index in [4.69, 9.17) is 5.11 Å². The highest BCUT2D eigenvalue weighted by atomic mass is 16.3. The quantitative estimate of drug-likeness (QED) is 0.0493. The van der Waals surface area contributed by atoms with Crippen LogP contribution in [0.25, 0.3) is 0 Å². The summed E-state index contributed by atoms with van der Waals surface area (Å²) < 4.78 is 0. The number of rotatable bonds is 45. The Morgan fingerprint density at radius 2 is 0.661 bits per heavy atom. The van der Waals surface area contributed by atoms with Crippen LogP contribution in [-0.2, 0) is 9.59 Å². The molecule has 0 rings (SSSR count). The van der Waals surface area contributed by atoms with Crippen LogP contribution >= 0.6 is 0 Å². The molecule has 0 spiro atoms. The maximum absolute atomic E-state index is 13.0. The molecular formula is C50H103N3O3. The summed E-state index contributed by atoms with van der Waals surface area (Å²) in [5.41, 5.74) is 0. The maximum atomic E-state index is 13.0. The largest absolute Gasteiger partial charge is 0.396 e. The number of carbonyl (C=O) groups is 2. The molecule has 0 aromatic carbocycles. The van der Waals surface area contributed by atoms with Gasteiger partial charge in [0.2, 0.25) is 12.3 Å². The van der Waals surface area contributed by atoms with E-state index in [1.54, 1.807) is 0 Å². The minimum Gasteiger partial charge on any atom is -0.396 e. The fourth-order valence-electron chi connectivity index (χ4n) is 7.60. The SMILES string of the molecule is CCCCCCCCN(C=O)CCCCCC.CCCCCCCCN(CCCCCO)CCCCCCCC(=O)N(CCCCCC)CCCCCCCC. The predicted octanol–water partition coefficient (Wildman–Crippen LogP) is 14.3. The van der Waals surface area contributed by atoms with E-state index in [0.717, 1.165) is 58.3 Å². The van der Waals surface area contributed by atoms with E-state index in [0.29, 0.717) is 12.5 Å². The van der Waals surface area contributed by atoms with Crippen molar-refractivity contribution in [2.45, 2.75) is 259 Å². The smallest absolute Gasteiger partial charge is 0.222 e. The van der Waals surface area contributed by atoms with Gasteiger partial charge in [-0.3, -0.25) is 9.59 Å². The zero-order valence-corrected chi connectivity index (χ0v) is 39.1. The summed E-state index contributed by atoms with van der Waals surface area (Å²) in [5.74, 6) is 0.410. The predicted molar refractivity (Wildman–Crippen MR) is 248 cm³/mol. The Kier molecular flexibility index (Phi) is 50.9. The molecule has 6 nitrogen and oxygen atoms in total. The molecule has 0 aromatic rings. The lowest BCUT2D eigenvalue weighted by atomic mass is 10.1. The van der Waals surface area contributed by atoms with Gasteiger partial charge in [-0.25, -0.2) is 0 Å². The van der Waals surface area contributed by atoms with E-state index < -0.39 is 0 Å². The van der Waals surface area contributed by atoms with Crippen LogP contribution in [0.4, 0.5) is 0 Å². The molecule has 0 atom stereocenters. The third-order valence-corrected chi connectivity index (χ3v) is 11.5. The summed E-state index contributed by atoms with van der Waals surface area (Å²) in [4.78, 5) is 30.7. The average molecular weight is 794 g/mol. The van der Waals surface area contributed by atoms with Crippen molar-refractivity contribution in [2.24, 2.45) is 0 Å². The van der Waals surface area contributed by atoms with Crippen molar-refractivity contribution in [1.82, 2.24) is 14.7 Å². The van der Waals surface area contributed by atoms with Crippen LogP contribution < -0.4 is 0 Å². The lowest BCUT2D eigenvalue weighted by Gasteiger charge is -2.23. The zero-order chi connectivity index (χ0) is 41.4. The number of nitrogens with zero attached hydrogens (tertiary/aromatic N) is 3. The van der Waals surface area contributed by atoms with Gasteiger partial charge < -0.3 is 19.8 Å². The molecule has 0 saturated heterocycles. The van der Waals surface area contributed by atoms with E-state index in [9.17, 15) is 9.59 Å². The van der Waals surface area contributed by atoms with Gasteiger partial charge in [0.1, 0.15) is 0 Å². The van der Waals surface area contributed by atoms with Crippen LogP contribution in [0.1, 0.15) is 259 Å². The summed E-state index contributed by atoms with van der Waals surface area (Å²) in [7, 11) is 0. The van der Waals surface area contributed by atoms with Crippen molar-refractivity contribution >= 4 is 12.3 Å². The van der Waals surface area contributed by atoms with Crippen molar-refractivity contribution < 1.29 is 14.7 Å². The molecule has 0 aliphatic heterocycles. The molecule has 1 N–H and O–H groups in total. The Morgan fingerprint density at radius 3 is 1.02 bits per heavy atom. The van der Waals surface area contributed by atoms with Gasteiger partial charge in [-0.2, -0.15) is 0 Å². The molecule has 6 heteroatoms. The molecule has 0 radical (unpaired) electrons. The first kappa shape index (κ1) is 57.0. The molecule has 0 aliphatic rings. The highest BCUT2D eigenvalue weighted by Crippen LogP contribution is 2.14. The first-order valence-electron chi connectivity index (χ1n) is 25.3. The number of unbranched alkanes of at least 4 members (excludes halogenated alkanes) is 27. The summed E-state index contributed by atoms with van der Waals surface area (Å²) in [6.45, 7) is 19.1. The summed E-state index contributed by atoms with van der Waals surface area (Å²) in [6, 6.07) is 0. The van der Waals surface area contributed by atoms with Gasteiger partial charge >= 0.3 is 0 Å². The van der Waals surface area contributed by atoms with Crippen LogP contribution in [0.15, 0.2) is 0 Å². The van der Waals surface area contributed by atoms with Crippen LogP contribution in [0.2, 0.25) is 0 Å². The number of hydrogen-bond acceptors (Lipinski definition) is 4. The molecule has 0 bridgehead atoms. The summed E-state index contributed by atoms with van der Waals surface area (Å²) in [6.07, 6.45) is 44.9. The van der Waals surface area contributed by atoms with Crippen molar-refractivity contribution in [3.63, 3.8) is 0 Å². The molecule has 0 saturated carbocycles. The molecule has 0 fully saturated rings. The molecular weight excluding hydrogens is 691 g/mol. The van der Waals surface area contributed by atoms with Gasteiger partial charge in [0.15, 0.2) is 0 Å². The lowest BCUT2D eigenvalue weighted by Crippen LogP contribution is -2.32. The molecule has 2 amide bonds. The fraction of sp³-hybridized carbons (Fsp3) is 0.960. The first-order valence-corrected chi connectivity index (χ1v) is 25.3. The number of aliphatic hydroxyl groups excluding tert-OH is 1. The highest BCUT2D eigenvalue weighted by Gasteiger charge is 2.13. The van der Waals surface area contributed by atoms with Gasteiger partial charge in [0.25, 0.3) is 0 Å². The zero-order valence-electron chi connectivity index (χ0n) is 39.1. The van der Waals surface area contributed by atoms with Crippen LogP contribution in [0, 0.1) is 0 Å². The van der Waals surface area contributed by atoms with Gasteiger partial charge in [-0.1, -0.05) is 189 Å². The van der Waals surface area contributed by atoms with Crippen molar-refractivity contribution in [1.29, 1.82) is 0 Å². The third-order valence-electron chi connectivity index (χ3n) is 11.5. The number of aliphatic hydroxyl groups is 1. The molecule has 0 aliphatic carbocycles. The van der Waals surface area contributed by atoms with Crippen LogP contribution in [0.5, 0.6) is 0 Å². The Labute approximate surface area is 352 Å². The average Bonchev–Trinajstić information content (AvgIpc) is 3.21. The third kappa shape index (κ3) is 44.0. The number of amides is 2. The topological polar surface area (TPSA) is 64.1 Å². The fourth-order valence-corrected chi connectivity index (χ4v) is 7.60. The molecule has 0 aromatic heterocycles. The monoisotopic (exact) mass is 794 g/mol. The minimum atomic E-state index is 0.329. The van der Waals surface area contributed by atoms with Crippen LogP contribution in [0.3, 0.4) is 0 Å². The second-order valence-corrected chi connectivity index (χ2v) is 17.1. The van der Waals surface area contributed by atoms with Gasteiger partial charge in [0, 0.05) is 39.2 Å². The maximum Gasteiger partial charge on any atom is 0.222 e. The summed E-state index contributed by atoms with van der Waals surface area (Å²) >= 11 is 0. The van der Waals surface area contributed by atoms with E-state index in [2.05, 4.69) is 44.4 Å². The Bertz CT molecular complexity index is 751. The van der Waals surface area contributed by atoms with Gasteiger partial charge in [0.05, 0.1) is 0 Å². The molecule has 0 unspecified atom stereocenters. The molecule has 56 heavy (non-hydrogen) atoms. The van der Waals surface area contributed by atoms with Crippen LogP contribution in [-0.4, -0.2) is 84.5 Å². The van der Waals surface area contributed by atoms with E-state index in [1.807, 2.05) is 4.90 Å². The Hall–Kier alpha value is -1.14. The number of hydrogen-bond donors (Lipinski definition) is 1. The second-order valence-electron chi connectivity index (χ2n) is 17.1. The minimum absolute atomic E-state index is 0.329. The Morgan fingerprint density at radius 1 is 0.375 bits per heavy atom. The normalized spacial score (nSPS) is 11.2. The highest BCUT2D eigenvalue weighted by molar-refractivity contribution is 5.76. The van der Waals surface area contributed by atoms with E-state index in [-0.39, 0.29) is 0 Å². The van der Waals surface area contributed by atoms with Crippen molar-refractivity contribution in [2.75, 3.05) is 52.4 Å².